The second kappa shape index (κ2) is 6.92. The summed E-state index contributed by atoms with van der Waals surface area (Å²) in [5.74, 6) is -1.04. The summed E-state index contributed by atoms with van der Waals surface area (Å²) < 4.78 is 6.29. The number of carbonyl (C=O) groups excluding carboxylic acids is 1. The smallest absolute Gasteiger partial charge is 0.356 e. The van der Waals surface area contributed by atoms with E-state index in [2.05, 4.69) is 27.3 Å². The number of methoxy groups -OCH3 is 1. The van der Waals surface area contributed by atoms with Crippen molar-refractivity contribution >= 4 is 17.6 Å². The van der Waals surface area contributed by atoms with Gasteiger partial charge < -0.3 is 14.7 Å². The Hall–Kier alpha value is -2.90. The number of hydrogen-bond acceptors (Lipinski definition) is 6. The van der Waals surface area contributed by atoms with E-state index in [0.717, 1.165) is 50.0 Å². The first kappa shape index (κ1) is 18.5. The van der Waals surface area contributed by atoms with E-state index >= 15 is 0 Å². The standard InChI is InChI=1S/C20H24N4O4/c1-23-17(18(25)26)16(21-22-23)13-7-11-24(12-8-13)15-5-3-14(4-6-15)20(9-10-20)19(27)28-2/h3-6,13H,7-12H2,1-2H3,(H,25,26). The zero-order chi connectivity index (χ0) is 19.9. The van der Waals surface area contributed by atoms with Crippen LogP contribution in [-0.4, -0.2) is 52.2 Å². The van der Waals surface area contributed by atoms with Gasteiger partial charge in [0.05, 0.1) is 12.5 Å². The molecule has 2 fully saturated rings. The van der Waals surface area contributed by atoms with Crippen molar-refractivity contribution in [1.82, 2.24) is 15.0 Å². The molecule has 1 saturated carbocycles. The summed E-state index contributed by atoms with van der Waals surface area (Å²) in [5, 5.41) is 17.4. The molecule has 1 saturated heterocycles. The Kier molecular flexibility index (Phi) is 4.56. The highest BCUT2D eigenvalue weighted by Gasteiger charge is 2.52. The van der Waals surface area contributed by atoms with Crippen LogP contribution in [0.25, 0.3) is 0 Å². The van der Waals surface area contributed by atoms with E-state index in [4.69, 9.17) is 4.74 Å². The predicted molar refractivity (Wildman–Crippen MR) is 102 cm³/mol. The fraction of sp³-hybridized carbons (Fsp3) is 0.500. The summed E-state index contributed by atoms with van der Waals surface area (Å²) in [6, 6.07) is 8.17. The Morgan fingerprint density at radius 3 is 2.36 bits per heavy atom. The monoisotopic (exact) mass is 384 g/mol. The normalized spacial score (nSPS) is 18.7. The molecular weight excluding hydrogens is 360 g/mol. The van der Waals surface area contributed by atoms with Gasteiger partial charge in [-0.3, -0.25) is 4.79 Å². The number of aromatic nitrogens is 3. The topological polar surface area (TPSA) is 97.5 Å². The van der Waals surface area contributed by atoms with Gasteiger partial charge in [-0.25, -0.2) is 9.48 Å². The van der Waals surface area contributed by atoms with Gasteiger partial charge in [-0.1, -0.05) is 17.3 Å². The van der Waals surface area contributed by atoms with E-state index in [1.807, 2.05) is 12.1 Å². The third-order valence-electron chi connectivity index (χ3n) is 6.05. The summed E-state index contributed by atoms with van der Waals surface area (Å²) in [4.78, 5) is 25.8. The number of carboxylic acids is 1. The fourth-order valence-electron chi connectivity index (χ4n) is 4.23. The van der Waals surface area contributed by atoms with Crippen LogP contribution < -0.4 is 4.90 Å². The lowest BCUT2D eigenvalue weighted by Crippen LogP contribution is -2.33. The largest absolute Gasteiger partial charge is 0.476 e. The molecule has 8 heteroatoms. The molecule has 2 aromatic rings. The van der Waals surface area contributed by atoms with Crippen molar-refractivity contribution in [1.29, 1.82) is 0 Å². The van der Waals surface area contributed by atoms with Crippen molar-refractivity contribution in [2.24, 2.45) is 7.05 Å². The van der Waals surface area contributed by atoms with E-state index in [-0.39, 0.29) is 17.6 Å². The van der Waals surface area contributed by atoms with E-state index < -0.39 is 11.4 Å². The molecule has 2 aliphatic rings. The molecular formula is C20H24N4O4. The van der Waals surface area contributed by atoms with Gasteiger partial charge in [-0.2, -0.15) is 0 Å². The molecule has 8 nitrogen and oxygen atoms in total. The average Bonchev–Trinajstić information content (AvgIpc) is 3.43. The summed E-state index contributed by atoms with van der Waals surface area (Å²) >= 11 is 0. The molecule has 0 atom stereocenters. The van der Waals surface area contributed by atoms with Gasteiger partial charge >= 0.3 is 11.9 Å². The molecule has 0 amide bonds. The summed E-state index contributed by atoms with van der Waals surface area (Å²) in [5.41, 5.74) is 2.45. The molecule has 0 radical (unpaired) electrons. The van der Waals surface area contributed by atoms with Crippen LogP contribution in [0.3, 0.4) is 0 Å². The minimum absolute atomic E-state index is 0.101. The van der Waals surface area contributed by atoms with Crippen LogP contribution in [0.15, 0.2) is 24.3 Å². The Morgan fingerprint density at radius 2 is 1.82 bits per heavy atom. The zero-order valence-corrected chi connectivity index (χ0v) is 16.1. The number of rotatable bonds is 5. The number of anilines is 1. The number of nitrogens with zero attached hydrogens (tertiary/aromatic N) is 4. The minimum Gasteiger partial charge on any atom is -0.476 e. The number of piperidine rings is 1. The van der Waals surface area contributed by atoms with Crippen LogP contribution in [0.2, 0.25) is 0 Å². The van der Waals surface area contributed by atoms with Gasteiger partial charge in [-0.05, 0) is 43.4 Å². The fourth-order valence-corrected chi connectivity index (χ4v) is 4.23. The predicted octanol–water partition coefficient (Wildman–Crippen LogP) is 2.10. The maximum atomic E-state index is 12.0. The van der Waals surface area contributed by atoms with Crippen LogP contribution in [-0.2, 0) is 22.0 Å². The summed E-state index contributed by atoms with van der Waals surface area (Å²) in [7, 11) is 3.05. The first-order valence-corrected chi connectivity index (χ1v) is 9.53. The maximum absolute atomic E-state index is 12.0. The quantitative estimate of drug-likeness (QED) is 0.789. The third-order valence-corrected chi connectivity index (χ3v) is 6.05. The molecule has 28 heavy (non-hydrogen) atoms. The average molecular weight is 384 g/mol. The molecule has 1 aromatic carbocycles. The van der Waals surface area contributed by atoms with E-state index in [0.29, 0.717) is 5.69 Å². The van der Waals surface area contributed by atoms with Gasteiger partial charge in [0.2, 0.25) is 0 Å². The molecule has 1 aliphatic heterocycles. The Bertz CT molecular complexity index is 893. The highest BCUT2D eigenvalue weighted by atomic mass is 16.5. The number of aromatic carboxylic acids is 1. The van der Waals surface area contributed by atoms with Crippen molar-refractivity contribution < 1.29 is 19.4 Å². The van der Waals surface area contributed by atoms with Gasteiger partial charge in [0.1, 0.15) is 5.69 Å². The first-order valence-electron chi connectivity index (χ1n) is 9.53. The maximum Gasteiger partial charge on any atom is 0.356 e. The van der Waals surface area contributed by atoms with E-state index in [1.54, 1.807) is 7.05 Å². The minimum atomic E-state index is -0.986. The SMILES string of the molecule is COC(=O)C1(c2ccc(N3CCC(c4nnn(C)c4C(=O)O)CC3)cc2)CC1. The van der Waals surface area contributed by atoms with Gasteiger partial charge in [0.15, 0.2) is 5.69 Å². The number of ether oxygens (including phenoxy) is 1. The second-order valence-electron chi connectivity index (χ2n) is 7.63. The Labute approximate surface area is 163 Å². The number of esters is 1. The summed E-state index contributed by atoms with van der Waals surface area (Å²) in [6.07, 6.45) is 3.34. The summed E-state index contributed by atoms with van der Waals surface area (Å²) in [6.45, 7) is 1.64. The highest BCUT2D eigenvalue weighted by Crippen LogP contribution is 2.49. The second-order valence-corrected chi connectivity index (χ2v) is 7.63. The molecule has 0 bridgehead atoms. The van der Waals surface area contributed by atoms with Gasteiger partial charge in [0.25, 0.3) is 0 Å². The van der Waals surface area contributed by atoms with E-state index in [1.165, 1.54) is 11.8 Å². The molecule has 1 N–H and O–H groups in total. The zero-order valence-electron chi connectivity index (χ0n) is 16.1. The van der Waals surface area contributed by atoms with Crippen LogP contribution >= 0.6 is 0 Å². The molecule has 1 aromatic heterocycles. The highest BCUT2D eigenvalue weighted by molar-refractivity contribution is 5.87. The first-order chi connectivity index (χ1) is 13.5. The number of hydrogen-bond donors (Lipinski definition) is 1. The van der Waals surface area contributed by atoms with Crippen LogP contribution in [0.5, 0.6) is 0 Å². The van der Waals surface area contributed by atoms with Crippen molar-refractivity contribution in [2.75, 3.05) is 25.1 Å². The van der Waals surface area contributed by atoms with Crippen LogP contribution in [0.4, 0.5) is 5.69 Å². The Balaban J connectivity index is 1.43. The lowest BCUT2D eigenvalue weighted by atomic mass is 9.91. The molecule has 2 heterocycles. The van der Waals surface area contributed by atoms with Crippen LogP contribution in [0.1, 0.15) is 53.3 Å². The number of aryl methyl sites for hydroxylation is 1. The molecule has 148 valence electrons. The number of carbonyl (C=O) groups is 2. The van der Waals surface area contributed by atoms with Crippen molar-refractivity contribution in [3.63, 3.8) is 0 Å². The Morgan fingerprint density at radius 1 is 1.18 bits per heavy atom. The number of carboxylic acid groups (broad SMARTS) is 1. The van der Waals surface area contributed by atoms with Crippen molar-refractivity contribution in [3.8, 4) is 0 Å². The lowest BCUT2D eigenvalue weighted by Gasteiger charge is -2.33. The van der Waals surface area contributed by atoms with Crippen molar-refractivity contribution in [3.05, 3.63) is 41.2 Å². The van der Waals surface area contributed by atoms with Crippen molar-refractivity contribution in [2.45, 2.75) is 37.0 Å². The van der Waals surface area contributed by atoms with E-state index in [9.17, 15) is 14.7 Å². The molecule has 0 unspecified atom stereocenters. The third kappa shape index (κ3) is 3.02. The molecule has 1 aliphatic carbocycles. The molecule has 4 rings (SSSR count). The molecule has 0 spiro atoms. The van der Waals surface area contributed by atoms with Gasteiger partial charge in [0, 0.05) is 31.7 Å². The lowest BCUT2D eigenvalue weighted by molar-refractivity contribution is -0.143. The number of benzene rings is 1. The van der Waals surface area contributed by atoms with Gasteiger partial charge in [-0.15, -0.1) is 5.10 Å². The van der Waals surface area contributed by atoms with Crippen LogP contribution in [0, 0.1) is 0 Å².